The Bertz CT molecular complexity index is 1200. The van der Waals surface area contributed by atoms with Crippen LogP contribution in [0.2, 0.25) is 5.02 Å². The number of fused-ring (bicyclic) bond motifs is 1. The molecule has 1 unspecified atom stereocenters. The summed E-state index contributed by atoms with van der Waals surface area (Å²) < 4.78 is 13.6. The molecule has 31 heavy (non-hydrogen) atoms. The Balaban J connectivity index is 1.88. The van der Waals surface area contributed by atoms with E-state index in [1.54, 1.807) is 18.2 Å². The molecule has 7 nitrogen and oxygen atoms in total. The van der Waals surface area contributed by atoms with Crippen LogP contribution in [-0.2, 0) is 4.79 Å². The fourth-order valence-corrected chi connectivity index (χ4v) is 3.77. The van der Waals surface area contributed by atoms with Crippen molar-refractivity contribution < 1.29 is 18.9 Å². The van der Waals surface area contributed by atoms with Crippen molar-refractivity contribution >= 4 is 34.8 Å². The number of anilines is 1. The first kappa shape index (κ1) is 20.5. The smallest absolute Gasteiger partial charge is 0.270 e. The topological polar surface area (TPSA) is 92.5 Å². The summed E-state index contributed by atoms with van der Waals surface area (Å²) in [5.41, 5.74) is 1.38. The van der Waals surface area contributed by atoms with E-state index < -0.39 is 28.6 Å². The number of nitro benzene ring substituents is 1. The zero-order valence-electron chi connectivity index (χ0n) is 15.9. The van der Waals surface area contributed by atoms with Gasteiger partial charge in [0, 0.05) is 34.0 Å². The van der Waals surface area contributed by atoms with Crippen molar-refractivity contribution in [3.8, 4) is 0 Å². The van der Waals surface area contributed by atoms with Crippen LogP contribution in [0.3, 0.4) is 0 Å². The fourth-order valence-electron chi connectivity index (χ4n) is 3.59. The van der Waals surface area contributed by atoms with Crippen LogP contribution in [0.1, 0.15) is 27.5 Å². The molecule has 1 atom stereocenters. The van der Waals surface area contributed by atoms with Crippen LogP contribution in [0, 0.1) is 15.9 Å². The van der Waals surface area contributed by atoms with Crippen LogP contribution in [0.25, 0.3) is 0 Å². The van der Waals surface area contributed by atoms with E-state index in [1.807, 2.05) is 0 Å². The molecule has 0 spiro atoms. The molecular weight excluding hydrogens is 425 g/mol. The van der Waals surface area contributed by atoms with E-state index in [0.29, 0.717) is 21.8 Å². The quantitative estimate of drug-likeness (QED) is 0.478. The number of amides is 2. The Hall–Kier alpha value is -3.78. The maximum Gasteiger partial charge on any atom is 0.270 e. The molecule has 0 aliphatic carbocycles. The summed E-state index contributed by atoms with van der Waals surface area (Å²) in [7, 11) is 0. The molecule has 0 aromatic heterocycles. The van der Waals surface area contributed by atoms with E-state index in [9.17, 15) is 24.1 Å². The Morgan fingerprint density at radius 3 is 2.58 bits per heavy atom. The second kappa shape index (κ2) is 8.16. The third kappa shape index (κ3) is 4.10. The summed E-state index contributed by atoms with van der Waals surface area (Å²) in [4.78, 5) is 37.9. The van der Waals surface area contributed by atoms with Crippen molar-refractivity contribution in [3.05, 3.63) is 104 Å². The Labute approximate surface area is 181 Å². The number of non-ortho nitro benzene ring substituents is 1. The molecule has 1 aliphatic heterocycles. The van der Waals surface area contributed by atoms with Gasteiger partial charge in [0.1, 0.15) is 12.4 Å². The molecule has 3 aromatic rings. The first-order valence-electron chi connectivity index (χ1n) is 9.23. The highest BCUT2D eigenvalue weighted by Gasteiger charge is 2.34. The summed E-state index contributed by atoms with van der Waals surface area (Å²) in [6.45, 7) is -0.310. The number of benzene rings is 3. The highest BCUT2D eigenvalue weighted by molar-refractivity contribution is 6.30. The number of nitrogens with zero attached hydrogens (tertiary/aromatic N) is 2. The van der Waals surface area contributed by atoms with Crippen LogP contribution in [0.5, 0.6) is 0 Å². The van der Waals surface area contributed by atoms with Crippen molar-refractivity contribution in [2.24, 2.45) is 0 Å². The van der Waals surface area contributed by atoms with Crippen molar-refractivity contribution in [3.63, 3.8) is 0 Å². The van der Waals surface area contributed by atoms with Gasteiger partial charge in [-0.2, -0.15) is 0 Å². The lowest BCUT2D eigenvalue weighted by molar-refractivity contribution is -0.384. The largest absolute Gasteiger partial charge is 0.324 e. The third-order valence-electron chi connectivity index (χ3n) is 4.96. The van der Waals surface area contributed by atoms with Gasteiger partial charge in [-0.25, -0.2) is 4.39 Å². The van der Waals surface area contributed by atoms with Gasteiger partial charge in [0.05, 0.1) is 11.0 Å². The van der Waals surface area contributed by atoms with E-state index in [1.165, 1.54) is 47.4 Å². The Kier molecular flexibility index (Phi) is 5.39. The number of halogens is 2. The molecule has 4 rings (SSSR count). The molecule has 1 N–H and O–H groups in total. The standard InChI is InChI=1S/C22H15ClFN3O4/c23-15-6-9-19-18(11-15)21(13-4-7-16(24)8-5-13)26(12-20(28)25-19)22(29)14-2-1-3-17(10-14)27(30)31/h1-11,21H,12H2,(H,25,28). The molecular formula is C22H15ClFN3O4. The minimum atomic E-state index is -0.778. The first-order chi connectivity index (χ1) is 14.8. The number of hydrogen-bond acceptors (Lipinski definition) is 4. The van der Waals surface area contributed by atoms with Crippen LogP contribution >= 0.6 is 11.6 Å². The van der Waals surface area contributed by atoms with Crippen LogP contribution < -0.4 is 5.32 Å². The normalized spacial score (nSPS) is 15.6. The average molecular weight is 440 g/mol. The molecule has 1 aliphatic rings. The predicted molar refractivity (Wildman–Crippen MR) is 112 cm³/mol. The molecule has 0 radical (unpaired) electrons. The van der Waals surface area contributed by atoms with Crippen LogP contribution in [0.4, 0.5) is 15.8 Å². The number of rotatable bonds is 3. The number of carbonyl (C=O) groups excluding carboxylic acids is 2. The summed E-state index contributed by atoms with van der Waals surface area (Å²) in [6, 6.07) is 14.9. The molecule has 3 aromatic carbocycles. The molecule has 0 bridgehead atoms. The zero-order valence-corrected chi connectivity index (χ0v) is 16.7. The van der Waals surface area contributed by atoms with E-state index in [2.05, 4.69) is 5.32 Å². The molecule has 2 amide bonds. The summed E-state index contributed by atoms with van der Waals surface area (Å²) in [6.07, 6.45) is 0. The first-order valence-corrected chi connectivity index (χ1v) is 9.61. The number of hydrogen-bond donors (Lipinski definition) is 1. The highest BCUT2D eigenvalue weighted by Crippen LogP contribution is 2.38. The van der Waals surface area contributed by atoms with Gasteiger partial charge < -0.3 is 10.2 Å². The van der Waals surface area contributed by atoms with Crippen molar-refractivity contribution in [1.82, 2.24) is 4.90 Å². The molecule has 0 saturated carbocycles. The van der Waals surface area contributed by atoms with E-state index in [4.69, 9.17) is 11.6 Å². The number of nitrogens with one attached hydrogen (secondary N) is 1. The highest BCUT2D eigenvalue weighted by atomic mass is 35.5. The van der Waals surface area contributed by atoms with Gasteiger partial charge in [-0.1, -0.05) is 29.8 Å². The Morgan fingerprint density at radius 1 is 1.13 bits per heavy atom. The Morgan fingerprint density at radius 2 is 1.87 bits per heavy atom. The summed E-state index contributed by atoms with van der Waals surface area (Å²) in [5.74, 6) is -1.47. The fraction of sp³-hybridized carbons (Fsp3) is 0.0909. The maximum absolute atomic E-state index is 13.6. The molecule has 156 valence electrons. The van der Waals surface area contributed by atoms with E-state index in [0.717, 1.165) is 6.07 Å². The van der Waals surface area contributed by atoms with E-state index >= 15 is 0 Å². The zero-order chi connectivity index (χ0) is 22.1. The van der Waals surface area contributed by atoms with Crippen molar-refractivity contribution in [1.29, 1.82) is 0 Å². The second-order valence-corrected chi connectivity index (χ2v) is 7.41. The minimum Gasteiger partial charge on any atom is -0.324 e. The molecule has 0 fully saturated rings. The van der Waals surface area contributed by atoms with Crippen LogP contribution in [-0.4, -0.2) is 28.2 Å². The number of carbonyl (C=O) groups is 2. The summed E-state index contributed by atoms with van der Waals surface area (Å²) >= 11 is 6.19. The lowest BCUT2D eigenvalue weighted by Gasteiger charge is -2.30. The lowest BCUT2D eigenvalue weighted by Crippen LogP contribution is -2.39. The monoisotopic (exact) mass is 439 g/mol. The van der Waals surface area contributed by atoms with Gasteiger partial charge in [-0.05, 0) is 42.0 Å². The van der Waals surface area contributed by atoms with Gasteiger partial charge in [0.15, 0.2) is 0 Å². The predicted octanol–water partition coefficient (Wildman–Crippen LogP) is 4.57. The van der Waals surface area contributed by atoms with Gasteiger partial charge in [-0.3, -0.25) is 19.7 Å². The van der Waals surface area contributed by atoms with Crippen molar-refractivity contribution in [2.45, 2.75) is 6.04 Å². The number of nitro groups is 1. The van der Waals surface area contributed by atoms with Crippen LogP contribution in [0.15, 0.2) is 66.7 Å². The maximum atomic E-state index is 13.6. The van der Waals surface area contributed by atoms with Gasteiger partial charge in [0.2, 0.25) is 5.91 Å². The van der Waals surface area contributed by atoms with Gasteiger partial charge in [0.25, 0.3) is 11.6 Å². The van der Waals surface area contributed by atoms with Gasteiger partial charge >= 0.3 is 0 Å². The summed E-state index contributed by atoms with van der Waals surface area (Å²) in [5, 5.41) is 14.3. The minimum absolute atomic E-state index is 0.0552. The van der Waals surface area contributed by atoms with Gasteiger partial charge in [-0.15, -0.1) is 0 Å². The van der Waals surface area contributed by atoms with Crippen molar-refractivity contribution in [2.75, 3.05) is 11.9 Å². The average Bonchev–Trinajstić information content (AvgIpc) is 2.89. The third-order valence-corrected chi connectivity index (χ3v) is 5.19. The lowest BCUT2D eigenvalue weighted by atomic mass is 9.95. The SMILES string of the molecule is O=C1CN(C(=O)c2cccc([N+](=O)[O-])c2)C(c2ccc(F)cc2)c2cc(Cl)ccc2N1. The molecule has 1 heterocycles. The molecule has 9 heteroatoms. The second-order valence-electron chi connectivity index (χ2n) is 6.97. The molecule has 0 saturated heterocycles. The van der Waals surface area contributed by atoms with E-state index in [-0.39, 0.29) is 17.8 Å².